The van der Waals surface area contributed by atoms with Crippen molar-refractivity contribution < 1.29 is 19.4 Å². The van der Waals surface area contributed by atoms with Crippen molar-refractivity contribution >= 4 is 37.2 Å². The maximum Gasteiger partial charge on any atom is 0.316 e. The Labute approximate surface area is 123 Å². The van der Waals surface area contributed by atoms with E-state index in [4.69, 9.17) is 9.84 Å². The van der Waals surface area contributed by atoms with E-state index in [9.17, 15) is 9.59 Å². The van der Waals surface area contributed by atoms with E-state index in [0.29, 0.717) is 29.2 Å². The van der Waals surface area contributed by atoms with Crippen LogP contribution in [0, 0.1) is 5.92 Å². The summed E-state index contributed by atoms with van der Waals surface area (Å²) in [6.45, 7) is 0. The van der Waals surface area contributed by atoms with Gasteiger partial charge in [0.15, 0.2) is 0 Å². The third-order valence-corrected chi connectivity index (χ3v) is 3.45. The molecule has 0 atom stereocenters. The number of hydrogen-bond acceptors (Lipinski definition) is 5. The zero-order valence-electron chi connectivity index (χ0n) is 10.3. The SMILES string of the molecule is O=C(O)CCc1ccccc1OC(=O)C(CS)CS. The standard InChI is InChI=1S/C13H16O4S2/c14-12(15)6-5-9-3-1-2-4-11(9)17-13(16)10(7-18)8-19/h1-4,10,18-19H,5-8H2,(H,14,15). The number of esters is 1. The molecule has 0 aromatic heterocycles. The first kappa shape index (κ1) is 15.9. The second-order valence-corrected chi connectivity index (χ2v) is 4.71. The fraction of sp³-hybridized carbons (Fsp3) is 0.385. The van der Waals surface area contributed by atoms with Gasteiger partial charge in [-0.25, -0.2) is 0 Å². The van der Waals surface area contributed by atoms with E-state index >= 15 is 0 Å². The average molecular weight is 300 g/mol. The molecular weight excluding hydrogens is 284 g/mol. The van der Waals surface area contributed by atoms with E-state index in [1.807, 2.05) is 0 Å². The maximum atomic E-state index is 11.8. The first-order valence-corrected chi connectivity index (χ1v) is 7.08. The van der Waals surface area contributed by atoms with Crippen LogP contribution in [-0.4, -0.2) is 28.6 Å². The summed E-state index contributed by atoms with van der Waals surface area (Å²) in [5.41, 5.74) is 0.704. The predicted molar refractivity (Wildman–Crippen MR) is 79.2 cm³/mol. The minimum absolute atomic E-state index is 0.00285. The first-order chi connectivity index (χ1) is 9.08. The van der Waals surface area contributed by atoms with Gasteiger partial charge in [0, 0.05) is 17.9 Å². The molecule has 6 heteroatoms. The molecule has 0 aliphatic rings. The normalized spacial score (nSPS) is 10.5. The molecule has 4 nitrogen and oxygen atoms in total. The van der Waals surface area contributed by atoms with E-state index in [2.05, 4.69) is 25.3 Å². The number of carbonyl (C=O) groups excluding carboxylic acids is 1. The van der Waals surface area contributed by atoms with E-state index < -0.39 is 11.9 Å². The number of carbonyl (C=O) groups is 2. The van der Waals surface area contributed by atoms with Gasteiger partial charge in [-0.1, -0.05) is 18.2 Å². The number of carboxylic acids is 1. The van der Waals surface area contributed by atoms with Crippen molar-refractivity contribution in [3.8, 4) is 5.75 Å². The Bertz CT molecular complexity index is 444. The fourth-order valence-electron chi connectivity index (χ4n) is 1.45. The van der Waals surface area contributed by atoms with Crippen LogP contribution in [0.5, 0.6) is 5.75 Å². The molecule has 0 radical (unpaired) electrons. The van der Waals surface area contributed by atoms with Gasteiger partial charge in [0.1, 0.15) is 5.75 Å². The molecule has 0 heterocycles. The van der Waals surface area contributed by atoms with Crippen molar-refractivity contribution in [2.45, 2.75) is 12.8 Å². The van der Waals surface area contributed by atoms with Crippen LogP contribution in [0.25, 0.3) is 0 Å². The molecule has 1 rings (SSSR count). The molecule has 0 unspecified atom stereocenters. The van der Waals surface area contributed by atoms with Crippen LogP contribution in [0.15, 0.2) is 24.3 Å². The Morgan fingerprint density at radius 1 is 1.21 bits per heavy atom. The monoisotopic (exact) mass is 300 g/mol. The Morgan fingerprint density at radius 2 is 1.84 bits per heavy atom. The van der Waals surface area contributed by atoms with Crippen molar-refractivity contribution in [2.24, 2.45) is 5.92 Å². The molecular formula is C13H16O4S2. The van der Waals surface area contributed by atoms with Gasteiger partial charge in [-0.15, -0.1) is 0 Å². The Balaban J connectivity index is 2.77. The quantitative estimate of drug-likeness (QED) is 0.410. The highest BCUT2D eigenvalue weighted by Gasteiger charge is 2.18. The number of aryl methyl sites for hydroxylation is 1. The second kappa shape index (κ2) is 8.12. The van der Waals surface area contributed by atoms with Gasteiger partial charge in [0.25, 0.3) is 0 Å². The van der Waals surface area contributed by atoms with Gasteiger partial charge in [-0.05, 0) is 18.1 Å². The highest BCUT2D eigenvalue weighted by atomic mass is 32.1. The van der Waals surface area contributed by atoms with Crippen LogP contribution >= 0.6 is 25.3 Å². The Kier molecular flexibility index (Phi) is 6.80. The summed E-state index contributed by atoms with van der Waals surface area (Å²) in [7, 11) is 0. The summed E-state index contributed by atoms with van der Waals surface area (Å²) in [4.78, 5) is 22.4. The van der Waals surface area contributed by atoms with Crippen LogP contribution in [-0.2, 0) is 16.0 Å². The third-order valence-electron chi connectivity index (χ3n) is 2.57. The van der Waals surface area contributed by atoms with Crippen LogP contribution in [0.2, 0.25) is 0 Å². The average Bonchev–Trinajstić information content (AvgIpc) is 2.39. The van der Waals surface area contributed by atoms with E-state index in [0.717, 1.165) is 0 Å². The van der Waals surface area contributed by atoms with Crippen LogP contribution in [0.1, 0.15) is 12.0 Å². The lowest BCUT2D eigenvalue weighted by Crippen LogP contribution is -2.23. The van der Waals surface area contributed by atoms with Crippen molar-refractivity contribution in [1.29, 1.82) is 0 Å². The molecule has 0 bridgehead atoms. The first-order valence-electron chi connectivity index (χ1n) is 5.81. The van der Waals surface area contributed by atoms with E-state index in [1.54, 1.807) is 24.3 Å². The fourth-order valence-corrected chi connectivity index (χ4v) is 2.21. The number of benzene rings is 1. The number of hydrogen-bond donors (Lipinski definition) is 3. The van der Waals surface area contributed by atoms with Crippen LogP contribution in [0.3, 0.4) is 0 Å². The lowest BCUT2D eigenvalue weighted by atomic mass is 10.1. The topological polar surface area (TPSA) is 63.6 Å². The highest BCUT2D eigenvalue weighted by Crippen LogP contribution is 2.21. The molecule has 0 saturated heterocycles. The largest absolute Gasteiger partial charge is 0.481 e. The smallest absolute Gasteiger partial charge is 0.316 e. The van der Waals surface area contributed by atoms with Gasteiger partial charge in [0.05, 0.1) is 5.92 Å². The van der Waals surface area contributed by atoms with Gasteiger partial charge < -0.3 is 9.84 Å². The minimum atomic E-state index is -0.885. The van der Waals surface area contributed by atoms with Gasteiger partial charge >= 0.3 is 11.9 Å². The van der Waals surface area contributed by atoms with Crippen molar-refractivity contribution in [3.05, 3.63) is 29.8 Å². The number of para-hydroxylation sites is 1. The summed E-state index contributed by atoms with van der Waals surface area (Å²) < 4.78 is 5.29. The predicted octanol–water partition coefficient (Wildman–Crippen LogP) is 2.09. The molecule has 0 amide bonds. The van der Waals surface area contributed by atoms with Crippen LogP contribution in [0.4, 0.5) is 0 Å². The Hall–Kier alpha value is -1.14. The number of carboxylic acid groups (broad SMARTS) is 1. The van der Waals surface area contributed by atoms with Gasteiger partial charge in [-0.3, -0.25) is 9.59 Å². The second-order valence-electron chi connectivity index (χ2n) is 3.98. The zero-order valence-corrected chi connectivity index (χ0v) is 12.1. The molecule has 19 heavy (non-hydrogen) atoms. The van der Waals surface area contributed by atoms with Crippen LogP contribution < -0.4 is 4.74 Å². The van der Waals surface area contributed by atoms with E-state index in [-0.39, 0.29) is 12.3 Å². The van der Waals surface area contributed by atoms with E-state index in [1.165, 1.54) is 0 Å². The Morgan fingerprint density at radius 3 is 2.42 bits per heavy atom. The lowest BCUT2D eigenvalue weighted by Gasteiger charge is -2.13. The summed E-state index contributed by atoms with van der Waals surface area (Å²) >= 11 is 8.14. The third kappa shape index (κ3) is 5.16. The molecule has 0 fully saturated rings. The highest BCUT2D eigenvalue weighted by molar-refractivity contribution is 7.81. The molecule has 1 N–H and O–H groups in total. The number of aliphatic carboxylic acids is 1. The number of thiol groups is 2. The summed E-state index contributed by atoms with van der Waals surface area (Å²) in [5.74, 6) is -0.529. The number of rotatable bonds is 7. The molecule has 0 spiro atoms. The number of ether oxygens (including phenoxy) is 1. The van der Waals surface area contributed by atoms with Gasteiger partial charge in [-0.2, -0.15) is 25.3 Å². The maximum absolute atomic E-state index is 11.8. The van der Waals surface area contributed by atoms with Crippen molar-refractivity contribution in [2.75, 3.05) is 11.5 Å². The van der Waals surface area contributed by atoms with Crippen molar-refractivity contribution in [1.82, 2.24) is 0 Å². The van der Waals surface area contributed by atoms with Crippen molar-refractivity contribution in [3.63, 3.8) is 0 Å². The molecule has 104 valence electrons. The lowest BCUT2D eigenvalue weighted by molar-refractivity contribution is -0.137. The summed E-state index contributed by atoms with van der Waals surface area (Å²) in [5, 5.41) is 8.68. The zero-order chi connectivity index (χ0) is 14.3. The molecule has 0 aliphatic carbocycles. The molecule has 0 saturated carbocycles. The summed E-state index contributed by atoms with van der Waals surface area (Å²) in [6.07, 6.45) is 0.322. The molecule has 1 aromatic rings. The van der Waals surface area contributed by atoms with Gasteiger partial charge in [0.2, 0.25) is 0 Å². The molecule has 1 aromatic carbocycles. The minimum Gasteiger partial charge on any atom is -0.481 e. The molecule has 0 aliphatic heterocycles. The summed E-state index contributed by atoms with van der Waals surface area (Å²) in [6, 6.07) is 6.93.